The van der Waals surface area contributed by atoms with Gasteiger partial charge in [-0.3, -0.25) is 0 Å². The van der Waals surface area contributed by atoms with E-state index in [0.29, 0.717) is 11.5 Å². The summed E-state index contributed by atoms with van der Waals surface area (Å²) in [5, 5.41) is 10.7. The van der Waals surface area contributed by atoms with E-state index in [9.17, 15) is 13.6 Å². The topological polar surface area (TPSA) is 55.8 Å². The highest BCUT2D eigenvalue weighted by Crippen LogP contribution is 2.29. The number of fused-ring (bicyclic) bond motifs is 1. The average molecular weight is 358 g/mol. The highest BCUT2D eigenvalue weighted by Gasteiger charge is 2.40. The molecule has 0 radical (unpaired) electrons. The second-order valence-corrected chi connectivity index (χ2v) is 5.61. The van der Waals surface area contributed by atoms with Gasteiger partial charge in [0, 0.05) is 5.56 Å². The Bertz CT molecular complexity index is 907. The minimum absolute atomic E-state index is 0.224. The fourth-order valence-corrected chi connectivity index (χ4v) is 2.46. The van der Waals surface area contributed by atoms with Crippen LogP contribution in [0.2, 0.25) is 0 Å². The largest absolute Gasteiger partial charge is 0.490 e. The van der Waals surface area contributed by atoms with Crippen molar-refractivity contribution in [2.45, 2.75) is 5.92 Å². The zero-order valence-electron chi connectivity index (χ0n) is 13.7. The molecule has 0 amide bonds. The fraction of sp³-hybridized carbons (Fsp3) is 0.150. The van der Waals surface area contributed by atoms with E-state index in [1.807, 2.05) is 42.5 Å². The molecule has 0 aliphatic rings. The van der Waals surface area contributed by atoms with Crippen LogP contribution in [0.1, 0.15) is 5.56 Å². The first-order valence-corrected chi connectivity index (χ1v) is 7.93. The first-order valence-electron chi connectivity index (χ1n) is 7.93. The lowest BCUT2D eigenvalue weighted by atomic mass is 10.1. The van der Waals surface area contributed by atoms with Crippen LogP contribution in [-0.2, 0) is 10.7 Å². The molecule has 6 heteroatoms. The van der Waals surface area contributed by atoms with Gasteiger partial charge in [0.05, 0.1) is 0 Å². The molecule has 26 heavy (non-hydrogen) atoms. The van der Waals surface area contributed by atoms with Crippen LogP contribution in [0, 0.1) is 0 Å². The Hall–Kier alpha value is -3.15. The van der Waals surface area contributed by atoms with Crippen molar-refractivity contribution < 1.29 is 28.2 Å². The first kappa shape index (κ1) is 17.7. The van der Waals surface area contributed by atoms with E-state index in [4.69, 9.17) is 14.6 Å². The number of alkyl halides is 2. The molecule has 3 rings (SSSR count). The van der Waals surface area contributed by atoms with E-state index < -0.39 is 17.5 Å². The molecule has 0 heterocycles. The summed E-state index contributed by atoms with van der Waals surface area (Å²) >= 11 is 0. The van der Waals surface area contributed by atoms with Crippen molar-refractivity contribution >= 4 is 16.7 Å². The molecule has 0 aliphatic heterocycles. The summed E-state index contributed by atoms with van der Waals surface area (Å²) in [6, 6.07) is 18.4. The van der Waals surface area contributed by atoms with E-state index in [1.54, 1.807) is 0 Å². The van der Waals surface area contributed by atoms with Gasteiger partial charge in [-0.25, -0.2) is 4.79 Å². The molecule has 0 unspecified atom stereocenters. The zero-order valence-corrected chi connectivity index (χ0v) is 13.7. The molecule has 0 atom stereocenters. The van der Waals surface area contributed by atoms with E-state index in [1.165, 1.54) is 12.1 Å². The predicted molar refractivity (Wildman–Crippen MR) is 92.9 cm³/mol. The van der Waals surface area contributed by atoms with Crippen molar-refractivity contribution in [1.82, 2.24) is 0 Å². The van der Waals surface area contributed by atoms with E-state index in [0.717, 1.165) is 22.9 Å². The number of rotatable bonds is 7. The lowest BCUT2D eigenvalue weighted by Gasteiger charge is -2.12. The van der Waals surface area contributed by atoms with Gasteiger partial charge in [0.1, 0.15) is 24.7 Å². The van der Waals surface area contributed by atoms with E-state index >= 15 is 0 Å². The molecule has 3 aromatic rings. The van der Waals surface area contributed by atoms with Crippen LogP contribution < -0.4 is 9.47 Å². The average Bonchev–Trinajstić information content (AvgIpc) is 2.65. The monoisotopic (exact) mass is 358 g/mol. The number of carboxylic acid groups (broad SMARTS) is 1. The number of benzene rings is 3. The molecule has 0 saturated heterocycles. The van der Waals surface area contributed by atoms with Gasteiger partial charge >= 0.3 is 11.9 Å². The van der Waals surface area contributed by atoms with Gasteiger partial charge in [-0.05, 0) is 47.2 Å². The predicted octanol–water partition coefficient (Wildman–Crippen LogP) is 4.47. The van der Waals surface area contributed by atoms with Crippen molar-refractivity contribution in [3.05, 3.63) is 72.3 Å². The van der Waals surface area contributed by atoms with Crippen LogP contribution in [0.25, 0.3) is 10.8 Å². The van der Waals surface area contributed by atoms with Gasteiger partial charge in [-0.2, -0.15) is 8.78 Å². The van der Waals surface area contributed by atoms with E-state index in [2.05, 4.69) is 0 Å². The number of carboxylic acids is 1. The van der Waals surface area contributed by atoms with Crippen molar-refractivity contribution in [2.24, 2.45) is 0 Å². The molecule has 3 aromatic carbocycles. The van der Waals surface area contributed by atoms with Gasteiger partial charge < -0.3 is 14.6 Å². The third kappa shape index (κ3) is 3.91. The number of ether oxygens (including phenoxy) is 2. The Balaban J connectivity index is 1.52. The van der Waals surface area contributed by atoms with Crippen molar-refractivity contribution in [3.63, 3.8) is 0 Å². The second-order valence-electron chi connectivity index (χ2n) is 5.61. The highest BCUT2D eigenvalue weighted by molar-refractivity contribution is 5.83. The summed E-state index contributed by atoms with van der Waals surface area (Å²) in [4.78, 5) is 10.5. The SMILES string of the molecule is O=C(O)C(F)(F)c1ccc(OCCOc2ccc3ccccc3c2)cc1. The molecule has 0 saturated carbocycles. The van der Waals surface area contributed by atoms with Gasteiger partial charge in [0.15, 0.2) is 0 Å². The summed E-state index contributed by atoms with van der Waals surface area (Å²) in [6.45, 7) is 0.507. The Morgan fingerprint density at radius 3 is 2.08 bits per heavy atom. The van der Waals surface area contributed by atoms with Gasteiger partial charge in [-0.15, -0.1) is 0 Å². The zero-order chi connectivity index (χ0) is 18.6. The molecular formula is C20H16F2O4. The molecule has 4 nitrogen and oxygen atoms in total. The maximum atomic E-state index is 13.4. The lowest BCUT2D eigenvalue weighted by Crippen LogP contribution is -2.25. The number of hydrogen-bond donors (Lipinski definition) is 1. The van der Waals surface area contributed by atoms with Crippen LogP contribution in [0.15, 0.2) is 66.7 Å². The summed E-state index contributed by atoms with van der Waals surface area (Å²) in [7, 11) is 0. The summed E-state index contributed by atoms with van der Waals surface area (Å²) in [6.07, 6.45) is 0. The van der Waals surface area contributed by atoms with Crippen molar-refractivity contribution in [1.29, 1.82) is 0 Å². The first-order chi connectivity index (χ1) is 12.5. The number of hydrogen-bond acceptors (Lipinski definition) is 3. The molecule has 0 aliphatic carbocycles. The third-order valence-electron chi connectivity index (χ3n) is 3.83. The van der Waals surface area contributed by atoms with Crippen LogP contribution in [0.4, 0.5) is 8.78 Å². The molecule has 0 fully saturated rings. The maximum absolute atomic E-state index is 13.4. The summed E-state index contributed by atoms with van der Waals surface area (Å²) in [5.41, 5.74) is -0.593. The molecule has 0 spiro atoms. The second kappa shape index (κ2) is 7.39. The normalized spacial score (nSPS) is 11.3. The Kier molecular flexibility index (Phi) is 5.02. The van der Waals surface area contributed by atoms with E-state index in [-0.39, 0.29) is 13.2 Å². The summed E-state index contributed by atoms with van der Waals surface area (Å²) in [5.74, 6) is -5.03. The molecule has 0 bridgehead atoms. The third-order valence-corrected chi connectivity index (χ3v) is 3.83. The Morgan fingerprint density at radius 1 is 0.846 bits per heavy atom. The van der Waals surface area contributed by atoms with Gasteiger partial charge in [0.2, 0.25) is 0 Å². The number of aliphatic carboxylic acids is 1. The van der Waals surface area contributed by atoms with Crippen LogP contribution in [-0.4, -0.2) is 24.3 Å². The Morgan fingerprint density at radius 2 is 1.42 bits per heavy atom. The number of halogens is 2. The summed E-state index contributed by atoms with van der Waals surface area (Å²) < 4.78 is 37.8. The van der Waals surface area contributed by atoms with Crippen molar-refractivity contribution in [2.75, 3.05) is 13.2 Å². The van der Waals surface area contributed by atoms with Crippen LogP contribution in [0.3, 0.4) is 0 Å². The quantitative estimate of drug-likeness (QED) is 0.633. The fourth-order valence-electron chi connectivity index (χ4n) is 2.46. The minimum Gasteiger partial charge on any atom is -0.490 e. The maximum Gasteiger partial charge on any atom is 0.379 e. The number of carbonyl (C=O) groups is 1. The highest BCUT2D eigenvalue weighted by atomic mass is 19.3. The standard InChI is InChI=1S/C20H16F2O4/c21-20(22,19(23)24)16-6-9-17(10-7-16)25-11-12-26-18-8-5-14-3-1-2-4-15(14)13-18/h1-10,13H,11-12H2,(H,23,24). The minimum atomic E-state index is -3.92. The van der Waals surface area contributed by atoms with Crippen LogP contribution in [0.5, 0.6) is 11.5 Å². The molecule has 0 aromatic heterocycles. The molecular weight excluding hydrogens is 342 g/mol. The van der Waals surface area contributed by atoms with Crippen LogP contribution >= 0.6 is 0 Å². The lowest BCUT2D eigenvalue weighted by molar-refractivity contribution is -0.166. The molecule has 134 valence electrons. The molecule has 1 N–H and O–H groups in total. The van der Waals surface area contributed by atoms with Gasteiger partial charge in [-0.1, -0.05) is 30.3 Å². The van der Waals surface area contributed by atoms with Crippen molar-refractivity contribution in [3.8, 4) is 11.5 Å². The Labute approximate surface area is 148 Å². The smallest absolute Gasteiger partial charge is 0.379 e. The van der Waals surface area contributed by atoms with Gasteiger partial charge in [0.25, 0.3) is 0 Å².